The lowest BCUT2D eigenvalue weighted by atomic mass is 10.1. The van der Waals surface area contributed by atoms with Crippen LogP contribution in [0, 0.1) is 0 Å². The highest BCUT2D eigenvalue weighted by Crippen LogP contribution is 2.24. The second kappa shape index (κ2) is 4.73. The summed E-state index contributed by atoms with van der Waals surface area (Å²) in [4.78, 5) is 4.18. The van der Waals surface area contributed by atoms with Crippen LogP contribution in [0.25, 0.3) is 0 Å². The highest BCUT2D eigenvalue weighted by molar-refractivity contribution is 7.90. The van der Waals surface area contributed by atoms with Gasteiger partial charge >= 0.3 is 0 Å². The zero-order chi connectivity index (χ0) is 12.5. The molecule has 1 saturated heterocycles. The lowest BCUT2D eigenvalue weighted by molar-refractivity contribution is 0.296. The van der Waals surface area contributed by atoms with E-state index in [1.807, 2.05) is 0 Å². The predicted molar refractivity (Wildman–Crippen MR) is 62.2 cm³/mol. The van der Waals surface area contributed by atoms with Crippen molar-refractivity contribution in [2.45, 2.75) is 37.5 Å². The van der Waals surface area contributed by atoms with Gasteiger partial charge in [-0.15, -0.1) is 0 Å². The van der Waals surface area contributed by atoms with Crippen molar-refractivity contribution >= 4 is 9.84 Å². The number of rotatable bonds is 3. The van der Waals surface area contributed by atoms with Crippen molar-refractivity contribution in [2.75, 3.05) is 12.8 Å². The maximum atomic E-state index is 11.4. The molecule has 1 aromatic rings. The molecule has 96 valence electrons. The van der Waals surface area contributed by atoms with Gasteiger partial charge in [-0.2, -0.15) is 4.98 Å². The molecule has 0 saturated carbocycles. The summed E-state index contributed by atoms with van der Waals surface area (Å²) in [5, 5.41) is 6.31. The fourth-order valence-electron chi connectivity index (χ4n) is 1.81. The van der Waals surface area contributed by atoms with E-state index in [1.165, 1.54) is 6.26 Å². The van der Waals surface area contributed by atoms with Crippen LogP contribution in [0.1, 0.15) is 49.2 Å². The number of sulfone groups is 1. The van der Waals surface area contributed by atoms with Crippen molar-refractivity contribution in [3.05, 3.63) is 11.7 Å². The van der Waals surface area contributed by atoms with E-state index in [0.29, 0.717) is 5.89 Å². The van der Waals surface area contributed by atoms with E-state index >= 15 is 0 Å². The fourth-order valence-corrected chi connectivity index (χ4v) is 2.29. The molecule has 2 rings (SSSR count). The molecule has 0 amide bonds. The van der Waals surface area contributed by atoms with Crippen molar-refractivity contribution in [3.8, 4) is 0 Å². The number of hydrogen-bond acceptors (Lipinski definition) is 6. The van der Waals surface area contributed by atoms with Gasteiger partial charge in [0.15, 0.2) is 15.7 Å². The Hall–Kier alpha value is -0.950. The Bertz CT molecular complexity index is 477. The van der Waals surface area contributed by atoms with E-state index in [1.54, 1.807) is 6.92 Å². The maximum absolute atomic E-state index is 11.4. The van der Waals surface area contributed by atoms with Crippen LogP contribution in [0.2, 0.25) is 0 Å². The number of aromatic nitrogens is 2. The Morgan fingerprint density at radius 3 is 2.82 bits per heavy atom. The quantitative estimate of drug-likeness (QED) is 0.871. The van der Waals surface area contributed by atoms with Crippen LogP contribution in [-0.2, 0) is 9.84 Å². The fraction of sp³-hybridized carbons (Fsp3) is 0.800. The zero-order valence-corrected chi connectivity index (χ0v) is 10.8. The molecule has 2 unspecified atom stereocenters. The number of hydrogen-bond donors (Lipinski definition) is 1. The van der Waals surface area contributed by atoms with E-state index < -0.39 is 15.1 Å². The van der Waals surface area contributed by atoms with E-state index in [4.69, 9.17) is 4.52 Å². The number of nitrogens with one attached hydrogen (secondary N) is 1. The largest absolute Gasteiger partial charge is 0.338 e. The van der Waals surface area contributed by atoms with E-state index in [9.17, 15) is 8.42 Å². The van der Waals surface area contributed by atoms with Crippen LogP contribution in [0.3, 0.4) is 0 Å². The summed E-state index contributed by atoms with van der Waals surface area (Å²) < 4.78 is 27.9. The zero-order valence-electron chi connectivity index (χ0n) is 10.0. The van der Waals surface area contributed by atoms with E-state index in [0.717, 1.165) is 25.8 Å². The molecular formula is C10H17N3O3S. The van der Waals surface area contributed by atoms with E-state index in [-0.39, 0.29) is 11.9 Å². The Morgan fingerprint density at radius 2 is 2.24 bits per heavy atom. The molecule has 1 aliphatic rings. The first-order valence-corrected chi connectivity index (χ1v) is 7.69. The minimum Gasteiger partial charge on any atom is -0.338 e. The van der Waals surface area contributed by atoms with Gasteiger partial charge in [-0.3, -0.25) is 0 Å². The Labute approximate surface area is 101 Å². The number of piperidine rings is 1. The topological polar surface area (TPSA) is 85.1 Å². The third-order valence-corrected chi connectivity index (χ3v) is 4.57. The van der Waals surface area contributed by atoms with Gasteiger partial charge in [-0.1, -0.05) is 11.6 Å². The predicted octanol–water partition coefficient (Wildman–Crippen LogP) is 0.990. The Morgan fingerprint density at radius 1 is 1.47 bits per heavy atom. The normalized spacial score (nSPS) is 23.5. The van der Waals surface area contributed by atoms with Gasteiger partial charge in [0.2, 0.25) is 5.89 Å². The third kappa shape index (κ3) is 2.84. The Kier molecular flexibility index (Phi) is 3.48. The van der Waals surface area contributed by atoms with Crippen LogP contribution >= 0.6 is 0 Å². The second-order valence-electron chi connectivity index (χ2n) is 4.47. The van der Waals surface area contributed by atoms with Crippen LogP contribution in [-0.4, -0.2) is 31.4 Å². The molecule has 6 nitrogen and oxygen atoms in total. The maximum Gasteiger partial charge on any atom is 0.243 e. The lowest BCUT2D eigenvalue weighted by Gasteiger charge is -2.19. The molecular weight excluding hydrogens is 242 g/mol. The molecule has 2 atom stereocenters. The molecule has 2 heterocycles. The molecule has 17 heavy (non-hydrogen) atoms. The van der Waals surface area contributed by atoms with Crippen LogP contribution in [0.5, 0.6) is 0 Å². The summed E-state index contributed by atoms with van der Waals surface area (Å²) >= 11 is 0. The van der Waals surface area contributed by atoms with Crippen LogP contribution < -0.4 is 5.32 Å². The first-order valence-electron chi connectivity index (χ1n) is 5.74. The minimum absolute atomic E-state index is 0.0664. The molecule has 1 fully saturated rings. The highest BCUT2D eigenvalue weighted by atomic mass is 32.2. The molecule has 0 spiro atoms. The second-order valence-corrected chi connectivity index (χ2v) is 6.83. The summed E-state index contributed by atoms with van der Waals surface area (Å²) in [6.07, 6.45) is 4.40. The van der Waals surface area contributed by atoms with Crippen LogP contribution in [0.15, 0.2) is 4.52 Å². The average Bonchev–Trinajstić information content (AvgIpc) is 2.77. The van der Waals surface area contributed by atoms with Crippen molar-refractivity contribution < 1.29 is 12.9 Å². The SMILES string of the molecule is CC(c1noc(C2CCCCN2)n1)S(C)(=O)=O. The highest BCUT2D eigenvalue weighted by Gasteiger charge is 2.26. The van der Waals surface area contributed by atoms with Gasteiger partial charge in [-0.05, 0) is 26.3 Å². The van der Waals surface area contributed by atoms with Gasteiger partial charge in [0.25, 0.3) is 0 Å². The summed E-state index contributed by atoms with van der Waals surface area (Å²) in [6, 6.07) is 0.0664. The Balaban J connectivity index is 2.15. The van der Waals surface area contributed by atoms with Gasteiger partial charge < -0.3 is 9.84 Å². The lowest BCUT2D eigenvalue weighted by Crippen LogP contribution is -2.27. The van der Waals surface area contributed by atoms with Gasteiger partial charge in [-0.25, -0.2) is 8.42 Å². The number of nitrogens with zero attached hydrogens (tertiary/aromatic N) is 2. The van der Waals surface area contributed by atoms with Gasteiger partial charge in [0.1, 0.15) is 5.25 Å². The molecule has 0 aliphatic carbocycles. The van der Waals surface area contributed by atoms with Crippen molar-refractivity contribution in [1.82, 2.24) is 15.5 Å². The molecule has 1 aromatic heterocycles. The molecule has 0 aromatic carbocycles. The third-order valence-electron chi connectivity index (χ3n) is 3.07. The standard InChI is InChI=1S/C10H17N3O3S/c1-7(17(2,14)15)9-12-10(16-13-9)8-5-3-4-6-11-8/h7-8,11H,3-6H2,1-2H3. The molecule has 1 N–H and O–H groups in total. The average molecular weight is 259 g/mol. The summed E-state index contributed by atoms with van der Waals surface area (Å²) in [5.74, 6) is 0.741. The monoisotopic (exact) mass is 259 g/mol. The molecule has 1 aliphatic heterocycles. The first-order chi connectivity index (χ1) is 7.98. The van der Waals surface area contributed by atoms with Crippen LogP contribution in [0.4, 0.5) is 0 Å². The van der Waals surface area contributed by atoms with Gasteiger partial charge in [0, 0.05) is 6.26 Å². The molecule has 7 heteroatoms. The smallest absolute Gasteiger partial charge is 0.243 e. The van der Waals surface area contributed by atoms with Gasteiger partial charge in [0.05, 0.1) is 6.04 Å². The summed E-state index contributed by atoms with van der Waals surface area (Å²) in [5.41, 5.74) is 0. The molecule has 0 bridgehead atoms. The van der Waals surface area contributed by atoms with Crippen molar-refractivity contribution in [3.63, 3.8) is 0 Å². The molecule has 0 radical (unpaired) electrons. The van der Waals surface area contributed by atoms with Crippen molar-refractivity contribution in [1.29, 1.82) is 0 Å². The summed E-state index contributed by atoms with van der Waals surface area (Å²) in [6.45, 7) is 2.50. The minimum atomic E-state index is -3.18. The van der Waals surface area contributed by atoms with Crippen molar-refractivity contribution in [2.24, 2.45) is 0 Å². The van der Waals surface area contributed by atoms with E-state index in [2.05, 4.69) is 15.5 Å². The first kappa shape index (κ1) is 12.5. The summed E-state index contributed by atoms with van der Waals surface area (Å²) in [7, 11) is -3.18.